The van der Waals surface area contributed by atoms with E-state index in [9.17, 15) is 62.1 Å². The number of phenolic OH excluding ortho intramolecular Hbond substituents is 1. The number of carboxylic acid groups (broad SMARTS) is 1. The number of aromatic amines is 3. The molecule has 6 heterocycles. The summed E-state index contributed by atoms with van der Waals surface area (Å²) in [4.78, 5) is 197. The van der Waals surface area contributed by atoms with Gasteiger partial charge in [-0.25, -0.2) is 13.8 Å². The number of primary amides is 1. The van der Waals surface area contributed by atoms with Gasteiger partial charge in [0.15, 0.2) is 17.3 Å². The Labute approximate surface area is 583 Å². The number of imidazole rings is 1. The van der Waals surface area contributed by atoms with E-state index < -0.39 is 180 Å². The number of aromatic nitrogens is 4. The number of amides is 9. The van der Waals surface area contributed by atoms with Crippen LogP contribution in [0.1, 0.15) is 106 Å². The lowest BCUT2D eigenvalue weighted by Crippen LogP contribution is -2.60. The Morgan fingerprint density at radius 3 is 1.87 bits per heavy atom. The molecule has 102 heavy (non-hydrogen) atoms. The van der Waals surface area contributed by atoms with Crippen LogP contribution in [0.25, 0.3) is 21.8 Å². The van der Waals surface area contributed by atoms with Crippen LogP contribution in [0.2, 0.25) is 0 Å². The first-order valence-corrected chi connectivity index (χ1v) is 33.4. The lowest BCUT2D eigenvalue weighted by atomic mass is 9.87. The van der Waals surface area contributed by atoms with Crippen molar-refractivity contribution in [2.45, 2.75) is 147 Å². The molecule has 3 aliphatic heterocycles. The number of Topliss-reactive ketones (excluding diaryl/α,β-unsaturated/α-hetero) is 3. The third-order valence-corrected chi connectivity index (χ3v) is 18.6. The van der Waals surface area contributed by atoms with Gasteiger partial charge in [0, 0.05) is 117 Å². The van der Waals surface area contributed by atoms with E-state index in [2.05, 4.69) is 57.2 Å². The number of carbonyl (C=O) groups excluding carboxylic acids is 12. The zero-order chi connectivity index (χ0) is 73.5. The van der Waals surface area contributed by atoms with E-state index in [-0.39, 0.29) is 86.8 Å². The minimum Gasteiger partial charge on any atom is -0.508 e. The topological polar surface area (TPSA) is 436 Å². The fraction of sp³-hybridized carbons (Fsp3) is 0.389. The van der Waals surface area contributed by atoms with Gasteiger partial charge in [0.2, 0.25) is 53.2 Å². The van der Waals surface area contributed by atoms with Crippen LogP contribution in [0.15, 0.2) is 110 Å². The number of carbonyl (C=O) groups is 13. The SMILES string of the molecule is CC(=O)N[C@H]1Cc2ccc(cc2)CNC(=O)CC[C@@H](C(N)=O)NC(=O)[C@]2(C)CCCN2C(=O)[C@H](Cc2ccc(O)cc2)CC(=O)[C@H](Cc2c[nH]cn2)NC(=O)[C@H](CC(=O)O)CC(=O)[C@H](Cc2c[nH]c3ccc(F)cc23)NC(=O)[C@H](Cc2c[nH]c3ccc(F)cc23)NC(=O)CNC(=O)[C@H](C)CC1=O. The van der Waals surface area contributed by atoms with Crippen molar-refractivity contribution in [2.75, 3.05) is 13.1 Å². The standard InChI is InChI=1S/C72H81F2N13O15/c1-38-21-60(90)56(82-39(2)88)23-41-5-7-42(8-6-41)32-79-63(93)18-17-55(66(75)97)86-71(102)72(3)19-4-20-87(72)70(101)44(22-40-9-13-50(89)14-10-40)27-62(92)58(31-49-35-76-37-81-49)84-68(99)43(28-65(95)96)26-61(91)57(24-45-33-77-53-15-11-47(73)29-51(45)53)85-69(100)59(83-64(94)36-80-67(38)98)25-46-34-78-54-16-12-48(74)30-52(46)54/h5-16,29-30,33-35,37-38,43-44,55-59,77-78,89H,4,17-28,31-32,36H2,1-3H3,(H2,75,97)(H,76,81)(H,79,93)(H,80,98)(H,82,88)(H,83,94)(H,84,99)(H,85,100)(H,86,102)(H,95,96)/t38-,43+,44-,55+,56+,57+,58+,59+,72+/m1/s1. The van der Waals surface area contributed by atoms with E-state index in [4.69, 9.17) is 5.73 Å². The molecule has 0 spiro atoms. The Kier molecular flexibility index (Phi) is 24.6. The summed E-state index contributed by atoms with van der Waals surface area (Å²) in [5.41, 5.74) is 7.44. The molecule has 1 fully saturated rings. The smallest absolute Gasteiger partial charge is 0.304 e. The number of phenols is 1. The van der Waals surface area contributed by atoms with Gasteiger partial charge in [0.25, 0.3) is 0 Å². The number of nitrogens with one attached hydrogen (secondary N) is 10. The van der Waals surface area contributed by atoms with Gasteiger partial charge >= 0.3 is 5.97 Å². The molecule has 14 N–H and O–H groups in total. The van der Waals surface area contributed by atoms with Crippen LogP contribution in [0.5, 0.6) is 5.75 Å². The third kappa shape index (κ3) is 19.7. The number of fused-ring (bicyclic) bond motifs is 34. The summed E-state index contributed by atoms with van der Waals surface area (Å²) < 4.78 is 29.8. The van der Waals surface area contributed by atoms with Gasteiger partial charge in [-0.1, -0.05) is 43.3 Å². The van der Waals surface area contributed by atoms with Gasteiger partial charge < -0.3 is 73.0 Å². The summed E-state index contributed by atoms with van der Waals surface area (Å²) in [5, 5.41) is 39.5. The molecule has 3 aliphatic rings. The average molecular weight is 1410 g/mol. The van der Waals surface area contributed by atoms with E-state index in [1.807, 2.05) is 0 Å². The Morgan fingerprint density at radius 2 is 1.26 bits per heavy atom. The maximum Gasteiger partial charge on any atom is 0.304 e. The lowest BCUT2D eigenvalue weighted by molar-refractivity contribution is -0.148. The van der Waals surface area contributed by atoms with E-state index in [0.717, 1.165) is 0 Å². The molecule has 0 radical (unpaired) electrons. The number of nitrogens with zero attached hydrogens (tertiary/aromatic N) is 2. The molecule has 9 amide bonds. The first-order chi connectivity index (χ1) is 48.6. The van der Waals surface area contributed by atoms with Gasteiger partial charge in [-0.05, 0) is 115 Å². The predicted octanol–water partition coefficient (Wildman–Crippen LogP) is 2.93. The molecule has 10 rings (SSSR count). The highest BCUT2D eigenvalue weighted by molar-refractivity contribution is 6.01. The predicted molar refractivity (Wildman–Crippen MR) is 363 cm³/mol. The fourth-order valence-electron chi connectivity index (χ4n) is 12.9. The largest absolute Gasteiger partial charge is 0.508 e. The van der Waals surface area contributed by atoms with Crippen LogP contribution < -0.4 is 43.0 Å². The number of rotatable bonds is 12. The summed E-state index contributed by atoms with van der Waals surface area (Å²) in [6, 6.07) is 12.6. The summed E-state index contributed by atoms with van der Waals surface area (Å²) in [7, 11) is 0. The first-order valence-electron chi connectivity index (χ1n) is 33.4. The minimum atomic E-state index is -1.80. The zero-order valence-corrected chi connectivity index (χ0v) is 56.3. The molecule has 0 aliphatic carbocycles. The average Bonchev–Trinajstić information content (AvgIpc) is 1.62. The van der Waals surface area contributed by atoms with Crippen molar-refractivity contribution in [1.29, 1.82) is 0 Å². The molecule has 2 bridgehead atoms. The number of carboxylic acids is 1. The van der Waals surface area contributed by atoms with E-state index >= 15 is 19.2 Å². The van der Waals surface area contributed by atoms with Gasteiger partial charge in [-0.2, -0.15) is 0 Å². The summed E-state index contributed by atoms with van der Waals surface area (Å²) >= 11 is 0. The molecule has 30 heteroatoms. The number of benzene rings is 4. The first kappa shape index (κ1) is 74.8. The lowest BCUT2D eigenvalue weighted by Gasteiger charge is -2.37. The van der Waals surface area contributed by atoms with E-state index in [1.165, 1.54) is 111 Å². The quantitative estimate of drug-likeness (QED) is 0.0782. The van der Waals surface area contributed by atoms with Crippen LogP contribution in [0.4, 0.5) is 8.78 Å². The van der Waals surface area contributed by atoms with Crippen molar-refractivity contribution >= 4 is 98.3 Å². The van der Waals surface area contributed by atoms with Gasteiger partial charge in [-0.3, -0.25) is 62.3 Å². The van der Waals surface area contributed by atoms with Crippen LogP contribution >= 0.6 is 0 Å². The second-order valence-corrected chi connectivity index (χ2v) is 26.3. The molecule has 9 atom stereocenters. The van der Waals surface area contributed by atoms with Crippen molar-refractivity contribution in [3.63, 3.8) is 0 Å². The summed E-state index contributed by atoms with van der Waals surface area (Å²) in [6.07, 6.45) is 1.08. The number of hydrogen-bond acceptors (Lipinski definition) is 15. The van der Waals surface area contributed by atoms with Gasteiger partial charge in [0.1, 0.15) is 35.0 Å². The van der Waals surface area contributed by atoms with Crippen LogP contribution in [-0.2, 0) is 101 Å². The molecule has 0 unspecified atom stereocenters. The third-order valence-electron chi connectivity index (χ3n) is 18.6. The maximum atomic E-state index is 15.2. The highest BCUT2D eigenvalue weighted by Gasteiger charge is 2.49. The monoisotopic (exact) mass is 1410 g/mol. The van der Waals surface area contributed by atoms with Crippen LogP contribution in [0, 0.1) is 29.4 Å². The number of H-pyrrole nitrogens is 3. The van der Waals surface area contributed by atoms with E-state index in [1.54, 1.807) is 24.3 Å². The Bertz CT molecular complexity index is 4310. The number of ketones is 3. The van der Waals surface area contributed by atoms with Gasteiger partial charge in [0.05, 0.1) is 49.0 Å². The minimum absolute atomic E-state index is 0.00182. The van der Waals surface area contributed by atoms with Crippen LogP contribution in [0.3, 0.4) is 0 Å². The number of aromatic hydroxyl groups is 1. The molecule has 3 aromatic heterocycles. The zero-order valence-electron chi connectivity index (χ0n) is 56.3. The second kappa shape index (κ2) is 33.6. The fourth-order valence-corrected chi connectivity index (χ4v) is 12.9. The number of halogens is 2. The Balaban J connectivity index is 1.06. The highest BCUT2D eigenvalue weighted by Crippen LogP contribution is 2.34. The Hall–Kier alpha value is -11.5. The molecule has 1 saturated heterocycles. The summed E-state index contributed by atoms with van der Waals surface area (Å²) in [6.45, 7) is 3.34. The van der Waals surface area contributed by atoms with Crippen molar-refractivity contribution < 1.29 is 81.3 Å². The van der Waals surface area contributed by atoms with E-state index in [0.29, 0.717) is 38.7 Å². The Morgan fingerprint density at radius 1 is 0.657 bits per heavy atom. The molecule has 28 nitrogen and oxygen atoms in total. The van der Waals surface area contributed by atoms with Crippen LogP contribution in [-0.4, -0.2) is 160 Å². The van der Waals surface area contributed by atoms with Crippen molar-refractivity contribution in [2.24, 2.45) is 23.5 Å². The summed E-state index contributed by atoms with van der Waals surface area (Å²) in [5.74, 6) is -16.9. The molecular formula is C72H81F2N13O15. The number of hydrogen-bond donors (Lipinski definition) is 13. The molecule has 4 aromatic carbocycles. The number of nitrogens with two attached hydrogens (primary N) is 1. The maximum absolute atomic E-state index is 15.2. The molecule has 0 saturated carbocycles. The van der Waals surface area contributed by atoms with Crippen molar-refractivity contribution in [3.8, 4) is 5.75 Å². The van der Waals surface area contributed by atoms with Gasteiger partial charge in [-0.15, -0.1) is 0 Å². The van der Waals surface area contributed by atoms with Crippen molar-refractivity contribution in [3.05, 3.63) is 155 Å². The van der Waals surface area contributed by atoms with Crippen molar-refractivity contribution in [1.82, 2.24) is 62.1 Å². The molecule has 538 valence electrons. The number of aliphatic carboxylic acids is 1. The normalized spacial score (nSPS) is 23.4. The molecule has 7 aromatic rings. The molecular weight excluding hydrogens is 1320 g/mol. The highest BCUT2D eigenvalue weighted by atomic mass is 19.1. The second-order valence-electron chi connectivity index (χ2n) is 26.3.